The second-order valence-corrected chi connectivity index (χ2v) is 5.88. The van der Waals surface area contributed by atoms with Gasteiger partial charge in [0, 0.05) is 20.7 Å². The van der Waals surface area contributed by atoms with Crippen molar-refractivity contribution < 1.29 is 4.74 Å². The summed E-state index contributed by atoms with van der Waals surface area (Å²) in [6, 6.07) is 13.4. The van der Waals surface area contributed by atoms with E-state index in [1.54, 1.807) is 11.3 Å². The van der Waals surface area contributed by atoms with Crippen LogP contribution in [0.5, 0.6) is 5.75 Å². The molecule has 0 radical (unpaired) electrons. The zero-order valence-corrected chi connectivity index (χ0v) is 12.2. The van der Waals surface area contributed by atoms with Crippen LogP contribution in [0, 0.1) is 0 Å². The van der Waals surface area contributed by atoms with Gasteiger partial charge in [-0.25, -0.2) is 0 Å². The van der Waals surface area contributed by atoms with Gasteiger partial charge in [-0.3, -0.25) is 0 Å². The standard InChI is InChI=1S/C15H10Cl2OS/c16-11-5-6-15-12(7-11)10(9-19-15)8-18-14-4-2-1-3-13(14)17/h1-7,9H,8H2. The van der Waals surface area contributed by atoms with Crippen molar-refractivity contribution in [3.05, 3.63) is 63.5 Å². The van der Waals surface area contributed by atoms with Gasteiger partial charge in [-0.1, -0.05) is 35.3 Å². The Bertz CT molecular complexity index is 721. The number of rotatable bonds is 3. The van der Waals surface area contributed by atoms with Crippen LogP contribution in [0.4, 0.5) is 0 Å². The van der Waals surface area contributed by atoms with E-state index in [-0.39, 0.29) is 0 Å². The Labute approximate surface area is 125 Å². The largest absolute Gasteiger partial charge is 0.487 e. The lowest BCUT2D eigenvalue weighted by Crippen LogP contribution is -1.94. The van der Waals surface area contributed by atoms with E-state index in [2.05, 4.69) is 5.38 Å². The van der Waals surface area contributed by atoms with E-state index in [1.807, 2.05) is 42.5 Å². The Balaban J connectivity index is 1.86. The Hall–Kier alpha value is -1.22. The van der Waals surface area contributed by atoms with E-state index in [0.29, 0.717) is 17.4 Å². The maximum absolute atomic E-state index is 6.06. The summed E-state index contributed by atoms with van der Waals surface area (Å²) in [5, 5.41) is 4.60. The molecule has 0 saturated carbocycles. The van der Waals surface area contributed by atoms with Crippen molar-refractivity contribution in [2.75, 3.05) is 0 Å². The number of halogens is 2. The highest BCUT2D eigenvalue weighted by Crippen LogP contribution is 2.30. The van der Waals surface area contributed by atoms with E-state index in [0.717, 1.165) is 16.0 Å². The molecule has 2 aromatic carbocycles. The molecule has 4 heteroatoms. The zero-order valence-electron chi connectivity index (χ0n) is 9.90. The molecule has 0 aliphatic carbocycles. The Morgan fingerprint density at radius 1 is 1.05 bits per heavy atom. The highest BCUT2D eigenvalue weighted by Gasteiger charge is 2.06. The molecule has 0 spiro atoms. The monoisotopic (exact) mass is 308 g/mol. The lowest BCUT2D eigenvalue weighted by Gasteiger charge is -2.07. The third-order valence-electron chi connectivity index (χ3n) is 2.84. The lowest BCUT2D eigenvalue weighted by atomic mass is 10.2. The molecular weight excluding hydrogens is 299 g/mol. The molecule has 3 rings (SSSR count). The van der Waals surface area contributed by atoms with Gasteiger partial charge in [0.25, 0.3) is 0 Å². The van der Waals surface area contributed by atoms with E-state index < -0.39 is 0 Å². The minimum absolute atomic E-state index is 0.490. The van der Waals surface area contributed by atoms with Crippen LogP contribution in [0.15, 0.2) is 47.8 Å². The predicted octanol–water partition coefficient (Wildman–Crippen LogP) is 5.79. The summed E-state index contributed by atoms with van der Waals surface area (Å²) < 4.78 is 6.97. The molecule has 1 nitrogen and oxygen atoms in total. The van der Waals surface area contributed by atoms with Gasteiger partial charge < -0.3 is 4.74 Å². The number of hydrogen-bond donors (Lipinski definition) is 0. The van der Waals surface area contributed by atoms with E-state index in [1.165, 1.54) is 4.70 Å². The topological polar surface area (TPSA) is 9.23 Å². The fraction of sp³-hybridized carbons (Fsp3) is 0.0667. The number of para-hydroxylation sites is 1. The maximum Gasteiger partial charge on any atom is 0.138 e. The molecule has 19 heavy (non-hydrogen) atoms. The van der Waals surface area contributed by atoms with Crippen molar-refractivity contribution in [2.24, 2.45) is 0 Å². The lowest BCUT2D eigenvalue weighted by molar-refractivity contribution is 0.308. The third-order valence-corrected chi connectivity index (χ3v) is 4.40. The molecule has 0 aliphatic heterocycles. The molecule has 0 atom stereocenters. The van der Waals surface area contributed by atoms with Gasteiger partial charge in [0.2, 0.25) is 0 Å². The number of fused-ring (bicyclic) bond motifs is 1. The number of benzene rings is 2. The first-order valence-electron chi connectivity index (χ1n) is 5.77. The summed E-state index contributed by atoms with van der Waals surface area (Å²) in [5.41, 5.74) is 1.13. The van der Waals surface area contributed by atoms with Crippen molar-refractivity contribution in [3.63, 3.8) is 0 Å². The minimum atomic E-state index is 0.490. The molecule has 0 unspecified atom stereocenters. The van der Waals surface area contributed by atoms with Crippen molar-refractivity contribution in [1.29, 1.82) is 0 Å². The van der Waals surface area contributed by atoms with Crippen LogP contribution in [0.3, 0.4) is 0 Å². The summed E-state index contributed by atoms with van der Waals surface area (Å²) >= 11 is 13.8. The van der Waals surface area contributed by atoms with Gasteiger partial charge >= 0.3 is 0 Å². The minimum Gasteiger partial charge on any atom is -0.487 e. The molecule has 0 bridgehead atoms. The summed E-state index contributed by atoms with van der Waals surface area (Å²) in [4.78, 5) is 0. The first-order valence-corrected chi connectivity index (χ1v) is 7.40. The van der Waals surface area contributed by atoms with Crippen LogP contribution in [-0.2, 0) is 6.61 Å². The SMILES string of the molecule is Clc1ccc2scc(COc3ccccc3Cl)c2c1. The molecule has 3 aromatic rings. The van der Waals surface area contributed by atoms with E-state index in [4.69, 9.17) is 27.9 Å². The molecule has 0 fully saturated rings. The smallest absolute Gasteiger partial charge is 0.138 e. The highest BCUT2D eigenvalue weighted by molar-refractivity contribution is 7.17. The van der Waals surface area contributed by atoms with Gasteiger partial charge in [-0.15, -0.1) is 11.3 Å². The van der Waals surface area contributed by atoms with Gasteiger partial charge in [-0.2, -0.15) is 0 Å². The Kier molecular flexibility index (Phi) is 3.65. The second kappa shape index (κ2) is 5.41. The quantitative estimate of drug-likeness (QED) is 0.595. The van der Waals surface area contributed by atoms with Crippen LogP contribution in [0.25, 0.3) is 10.1 Å². The van der Waals surface area contributed by atoms with Crippen molar-refractivity contribution in [2.45, 2.75) is 6.61 Å². The van der Waals surface area contributed by atoms with Crippen LogP contribution in [0.1, 0.15) is 5.56 Å². The Morgan fingerprint density at radius 3 is 2.74 bits per heavy atom. The second-order valence-electron chi connectivity index (χ2n) is 4.12. The first-order chi connectivity index (χ1) is 9.24. The van der Waals surface area contributed by atoms with Crippen LogP contribution in [-0.4, -0.2) is 0 Å². The molecule has 1 aromatic heterocycles. The normalized spacial score (nSPS) is 10.8. The fourth-order valence-electron chi connectivity index (χ4n) is 1.88. The van der Waals surface area contributed by atoms with Gasteiger partial charge in [0.05, 0.1) is 5.02 Å². The van der Waals surface area contributed by atoms with Gasteiger partial charge in [0.15, 0.2) is 0 Å². The van der Waals surface area contributed by atoms with Crippen LogP contribution >= 0.6 is 34.5 Å². The highest BCUT2D eigenvalue weighted by atomic mass is 35.5. The summed E-state index contributed by atoms with van der Waals surface area (Å²) in [6.07, 6.45) is 0. The number of ether oxygens (including phenoxy) is 1. The summed E-state index contributed by atoms with van der Waals surface area (Å²) in [6.45, 7) is 0.490. The maximum atomic E-state index is 6.06. The molecular formula is C15H10Cl2OS. The number of hydrogen-bond acceptors (Lipinski definition) is 2. The zero-order chi connectivity index (χ0) is 13.2. The third kappa shape index (κ3) is 2.71. The summed E-state index contributed by atoms with van der Waals surface area (Å²) in [5.74, 6) is 0.700. The van der Waals surface area contributed by atoms with E-state index in [9.17, 15) is 0 Å². The fourth-order valence-corrected chi connectivity index (χ4v) is 3.17. The molecule has 96 valence electrons. The average molecular weight is 309 g/mol. The van der Waals surface area contributed by atoms with Crippen molar-refractivity contribution >= 4 is 44.6 Å². The van der Waals surface area contributed by atoms with Gasteiger partial charge in [-0.05, 0) is 35.7 Å². The van der Waals surface area contributed by atoms with Crippen LogP contribution < -0.4 is 4.74 Å². The molecule has 0 saturated heterocycles. The first kappa shape index (κ1) is 12.8. The molecule has 1 heterocycles. The molecule has 0 amide bonds. The Morgan fingerprint density at radius 2 is 1.89 bits per heavy atom. The molecule has 0 N–H and O–H groups in total. The van der Waals surface area contributed by atoms with Crippen molar-refractivity contribution in [1.82, 2.24) is 0 Å². The molecule has 0 aliphatic rings. The summed E-state index contributed by atoms with van der Waals surface area (Å²) in [7, 11) is 0. The number of thiophene rings is 1. The van der Waals surface area contributed by atoms with Crippen molar-refractivity contribution in [3.8, 4) is 5.75 Å². The van der Waals surface area contributed by atoms with Crippen LogP contribution in [0.2, 0.25) is 10.0 Å². The van der Waals surface area contributed by atoms with Gasteiger partial charge in [0.1, 0.15) is 12.4 Å². The predicted molar refractivity (Wildman–Crippen MR) is 82.6 cm³/mol. The average Bonchev–Trinajstić information content (AvgIpc) is 2.80. The van der Waals surface area contributed by atoms with E-state index >= 15 is 0 Å².